The molecule has 1 aliphatic rings. The monoisotopic (exact) mass is 599 g/mol. The highest BCUT2D eigenvalue weighted by molar-refractivity contribution is 7.10. The molecule has 4 rings (SSSR count). The second-order valence-electron chi connectivity index (χ2n) is 9.80. The van der Waals surface area contributed by atoms with E-state index in [-0.39, 0.29) is 30.7 Å². The predicted molar refractivity (Wildman–Crippen MR) is 160 cm³/mol. The van der Waals surface area contributed by atoms with E-state index in [1.165, 1.54) is 0 Å². The first kappa shape index (κ1) is 30.0. The first-order valence-electron chi connectivity index (χ1n) is 13.5. The number of carbonyl (C=O) groups excluding carboxylic acids is 4. The van der Waals surface area contributed by atoms with Gasteiger partial charge in [-0.05, 0) is 66.3 Å². The van der Waals surface area contributed by atoms with Gasteiger partial charge in [0.25, 0.3) is 0 Å². The lowest BCUT2D eigenvalue weighted by Crippen LogP contribution is -2.61. The van der Waals surface area contributed by atoms with Crippen LogP contribution in [0.5, 0.6) is 0 Å². The summed E-state index contributed by atoms with van der Waals surface area (Å²) < 4.78 is 0. The highest BCUT2D eigenvalue weighted by Crippen LogP contribution is 2.22. The van der Waals surface area contributed by atoms with Crippen molar-refractivity contribution >= 4 is 58.3 Å². The normalized spacial score (nSPS) is 16.3. The van der Waals surface area contributed by atoms with Gasteiger partial charge in [-0.2, -0.15) is 0 Å². The summed E-state index contributed by atoms with van der Waals surface area (Å²) in [6, 6.07) is 13.8. The second-order valence-corrected chi connectivity index (χ2v) is 12.3. The number of amides is 3. The van der Waals surface area contributed by atoms with Gasteiger partial charge in [-0.25, -0.2) is 0 Å². The minimum Gasteiger partial charge on any atom is -0.333 e. The molecule has 10 heteroatoms. The number of hydrogen-bond donors (Lipinski definition) is 0. The molecule has 2 atom stereocenters. The van der Waals surface area contributed by atoms with E-state index in [4.69, 9.17) is 11.6 Å². The molecule has 0 aliphatic carbocycles. The lowest BCUT2D eigenvalue weighted by molar-refractivity contribution is -0.158. The van der Waals surface area contributed by atoms with E-state index in [9.17, 15) is 19.2 Å². The van der Waals surface area contributed by atoms with Crippen LogP contribution in [0, 0.1) is 0 Å². The molecule has 1 saturated heterocycles. The third-order valence-electron chi connectivity index (χ3n) is 7.23. The van der Waals surface area contributed by atoms with E-state index in [2.05, 4.69) is 0 Å². The van der Waals surface area contributed by atoms with E-state index < -0.39 is 12.1 Å². The van der Waals surface area contributed by atoms with E-state index in [1.807, 2.05) is 54.1 Å². The molecule has 0 bridgehead atoms. The molecule has 1 aromatic carbocycles. The molecule has 0 radical (unpaired) electrons. The van der Waals surface area contributed by atoms with Gasteiger partial charge in [0.05, 0.1) is 19.0 Å². The highest BCUT2D eigenvalue weighted by atomic mass is 35.5. The van der Waals surface area contributed by atoms with Gasteiger partial charge < -0.3 is 19.5 Å². The molecule has 0 N–H and O–H groups in total. The first-order chi connectivity index (χ1) is 19.4. The van der Waals surface area contributed by atoms with Crippen molar-refractivity contribution in [1.82, 2.24) is 14.7 Å². The molecule has 7 nitrogen and oxygen atoms in total. The molecule has 0 saturated carbocycles. The Hall–Kier alpha value is -3.01. The summed E-state index contributed by atoms with van der Waals surface area (Å²) in [6.45, 7) is 2.96. The van der Waals surface area contributed by atoms with Crippen LogP contribution in [0.25, 0.3) is 0 Å². The van der Waals surface area contributed by atoms with Crippen molar-refractivity contribution in [2.45, 2.75) is 51.1 Å². The van der Waals surface area contributed by atoms with Crippen molar-refractivity contribution in [3.63, 3.8) is 0 Å². The molecule has 1 aliphatic heterocycles. The third kappa shape index (κ3) is 7.80. The van der Waals surface area contributed by atoms with Crippen LogP contribution in [0.15, 0.2) is 59.3 Å². The van der Waals surface area contributed by atoms with E-state index in [1.54, 1.807) is 49.5 Å². The van der Waals surface area contributed by atoms with Crippen LogP contribution in [-0.4, -0.2) is 77.0 Å². The highest BCUT2D eigenvalue weighted by Gasteiger charge is 2.41. The number of aldehydes is 1. The summed E-state index contributed by atoms with van der Waals surface area (Å²) >= 11 is 9.23. The predicted octanol–water partition coefficient (Wildman–Crippen LogP) is 4.73. The van der Waals surface area contributed by atoms with Crippen LogP contribution < -0.4 is 0 Å². The average molecular weight is 600 g/mol. The molecule has 1 fully saturated rings. The van der Waals surface area contributed by atoms with Crippen molar-refractivity contribution in [3.8, 4) is 0 Å². The number of hydrogen-bond acceptors (Lipinski definition) is 6. The van der Waals surface area contributed by atoms with Crippen molar-refractivity contribution < 1.29 is 19.2 Å². The molecule has 2 aromatic heterocycles. The topological polar surface area (TPSA) is 78.0 Å². The van der Waals surface area contributed by atoms with E-state index in [0.717, 1.165) is 21.6 Å². The van der Waals surface area contributed by atoms with Gasteiger partial charge in [-0.1, -0.05) is 42.8 Å². The Balaban J connectivity index is 1.52. The lowest BCUT2D eigenvalue weighted by atomic mass is 10.0. The van der Waals surface area contributed by atoms with Gasteiger partial charge >= 0.3 is 0 Å². The minimum atomic E-state index is -0.903. The smallest absolute Gasteiger partial charge is 0.246 e. The number of carbonyl (C=O) groups is 4. The molecular formula is C30H34ClN3O4S2. The zero-order valence-corrected chi connectivity index (χ0v) is 24.9. The second kappa shape index (κ2) is 14.6. The number of rotatable bonds is 14. The fraction of sp³-hybridized carbons (Fsp3) is 0.400. The number of halogens is 1. The summed E-state index contributed by atoms with van der Waals surface area (Å²) in [5, 5.41) is 4.60. The Kier molecular flexibility index (Phi) is 10.9. The largest absolute Gasteiger partial charge is 0.333 e. The third-order valence-corrected chi connectivity index (χ3v) is 9.35. The number of benzene rings is 1. The summed E-state index contributed by atoms with van der Waals surface area (Å²) in [4.78, 5) is 59.8. The SMILES string of the molecule is CCC(C=O)N(CCc1ccc(Cl)cc1)C(=O)CC1C(=O)N(CCc2cccs2)CC(=O)N1CCc1cccs1. The standard InChI is InChI=1S/C30H34ClN3O4S2/c1-2-24(21-35)33(15-11-22-7-9-23(31)10-8-22)28(36)19-27-30(38)32(14-12-25-5-3-17-39-25)20-29(37)34(27)16-13-26-6-4-18-40-26/h3-10,17-18,21,24,27H,2,11-16,19-20H2,1H3. The Morgan fingerprint density at radius 3 is 2.25 bits per heavy atom. The summed E-state index contributed by atoms with van der Waals surface area (Å²) in [5.74, 6) is -0.678. The molecule has 212 valence electrons. The Morgan fingerprint density at radius 2 is 1.68 bits per heavy atom. The van der Waals surface area contributed by atoms with E-state index in [0.29, 0.717) is 50.3 Å². The Labute approximate surface area is 248 Å². The maximum Gasteiger partial charge on any atom is 0.246 e. The fourth-order valence-corrected chi connectivity index (χ4v) is 6.47. The maximum absolute atomic E-state index is 13.8. The first-order valence-corrected chi connectivity index (χ1v) is 15.7. The van der Waals surface area contributed by atoms with Crippen LogP contribution >= 0.6 is 34.3 Å². The van der Waals surface area contributed by atoms with Gasteiger partial charge in [-0.3, -0.25) is 14.4 Å². The quantitative estimate of drug-likeness (QED) is 0.251. The van der Waals surface area contributed by atoms with E-state index >= 15 is 0 Å². The summed E-state index contributed by atoms with van der Waals surface area (Å²) in [5.41, 5.74) is 0.990. The molecule has 3 heterocycles. The Morgan fingerprint density at radius 1 is 1.02 bits per heavy atom. The van der Waals surface area contributed by atoms with Crippen molar-refractivity contribution in [2.24, 2.45) is 0 Å². The van der Waals surface area contributed by atoms with Gasteiger partial charge in [0.1, 0.15) is 12.3 Å². The fourth-order valence-electron chi connectivity index (χ4n) is 4.95. The van der Waals surface area contributed by atoms with Crippen LogP contribution in [0.1, 0.15) is 35.1 Å². The zero-order valence-electron chi connectivity index (χ0n) is 22.5. The molecule has 0 spiro atoms. The van der Waals surface area contributed by atoms with Crippen LogP contribution in [0.3, 0.4) is 0 Å². The van der Waals surface area contributed by atoms with Gasteiger partial charge in [-0.15, -0.1) is 22.7 Å². The lowest BCUT2D eigenvalue weighted by Gasteiger charge is -2.41. The summed E-state index contributed by atoms with van der Waals surface area (Å²) in [7, 11) is 0. The number of piperazine rings is 1. The van der Waals surface area contributed by atoms with Crippen LogP contribution in [0.4, 0.5) is 0 Å². The van der Waals surface area contributed by atoms with Crippen LogP contribution in [0.2, 0.25) is 5.02 Å². The summed E-state index contributed by atoms with van der Waals surface area (Å²) in [6.07, 6.45) is 2.90. The van der Waals surface area contributed by atoms with Crippen molar-refractivity contribution in [2.75, 3.05) is 26.2 Å². The molecule has 3 aromatic rings. The Bertz CT molecular complexity index is 1260. The number of nitrogens with zero attached hydrogens (tertiary/aromatic N) is 3. The van der Waals surface area contributed by atoms with Crippen molar-refractivity contribution in [3.05, 3.63) is 79.6 Å². The molecule has 40 heavy (non-hydrogen) atoms. The maximum atomic E-state index is 13.8. The zero-order chi connectivity index (χ0) is 28.5. The van der Waals surface area contributed by atoms with Gasteiger partial charge in [0.15, 0.2) is 0 Å². The van der Waals surface area contributed by atoms with Crippen molar-refractivity contribution in [1.29, 1.82) is 0 Å². The molecule has 2 unspecified atom stereocenters. The number of thiophene rings is 2. The average Bonchev–Trinajstić information content (AvgIpc) is 3.67. The van der Waals surface area contributed by atoms with Gasteiger partial charge in [0.2, 0.25) is 17.7 Å². The molecular weight excluding hydrogens is 566 g/mol. The van der Waals surface area contributed by atoms with Crippen LogP contribution in [-0.2, 0) is 38.4 Å². The van der Waals surface area contributed by atoms with Gasteiger partial charge in [0, 0.05) is 34.4 Å². The molecule has 3 amide bonds. The minimum absolute atomic E-state index is 0.00550.